The van der Waals surface area contributed by atoms with Crippen molar-refractivity contribution in [3.63, 3.8) is 0 Å². The van der Waals surface area contributed by atoms with Crippen molar-refractivity contribution in [1.29, 1.82) is 0 Å². The molecule has 0 aliphatic rings. The summed E-state index contributed by atoms with van der Waals surface area (Å²) in [6.07, 6.45) is 0. The minimum absolute atomic E-state index is 0.316. The molecule has 0 fully saturated rings. The Morgan fingerprint density at radius 3 is 2.61 bits per heavy atom. The van der Waals surface area contributed by atoms with Crippen molar-refractivity contribution in [2.45, 2.75) is 6.92 Å². The van der Waals surface area contributed by atoms with Gasteiger partial charge < -0.3 is 9.15 Å². The van der Waals surface area contributed by atoms with Crippen LogP contribution in [0.4, 0.5) is 0 Å². The summed E-state index contributed by atoms with van der Waals surface area (Å²) in [5.41, 5.74) is 2.19. The molecule has 0 aliphatic carbocycles. The topological polar surface area (TPSA) is 52.3 Å². The third-order valence-electron chi connectivity index (χ3n) is 3.13. The fraction of sp³-hybridized carbons (Fsp3) is 0.125. The van der Waals surface area contributed by atoms with Crippen molar-refractivity contribution in [2.24, 2.45) is 0 Å². The molecule has 4 nitrogen and oxygen atoms in total. The molecular formula is C16H10BrCl2NO3. The molecule has 3 rings (SSSR count). The zero-order valence-electron chi connectivity index (χ0n) is 11.9. The van der Waals surface area contributed by atoms with Gasteiger partial charge in [0.05, 0.1) is 26.7 Å². The van der Waals surface area contributed by atoms with Crippen LogP contribution in [0.25, 0.3) is 22.6 Å². The first-order valence-corrected chi connectivity index (χ1v) is 8.27. The Balaban J connectivity index is 2.05. The summed E-state index contributed by atoms with van der Waals surface area (Å²) in [5.74, 6) is -0.0222. The zero-order valence-corrected chi connectivity index (χ0v) is 15.0. The van der Waals surface area contributed by atoms with Crippen molar-refractivity contribution in [3.05, 3.63) is 50.4 Å². The summed E-state index contributed by atoms with van der Waals surface area (Å²) < 4.78 is 11.3. The highest BCUT2D eigenvalue weighted by Gasteiger charge is 2.14. The van der Waals surface area contributed by atoms with Gasteiger partial charge in [-0.05, 0) is 53.2 Å². The van der Waals surface area contributed by atoms with Crippen LogP contribution in [0.1, 0.15) is 17.3 Å². The first kappa shape index (κ1) is 16.3. The minimum atomic E-state index is -0.395. The fourth-order valence-electron chi connectivity index (χ4n) is 2.07. The molecule has 2 aromatic carbocycles. The molecule has 118 valence electrons. The predicted octanol–water partition coefficient (Wildman–Crippen LogP) is 5.74. The molecule has 0 saturated heterocycles. The Bertz CT molecular complexity index is 884. The number of carbonyl (C=O) groups excluding carboxylic acids is 1. The van der Waals surface area contributed by atoms with Crippen LogP contribution in [0.15, 0.2) is 39.2 Å². The number of halogens is 3. The van der Waals surface area contributed by atoms with Crippen LogP contribution in [0, 0.1) is 0 Å². The van der Waals surface area contributed by atoms with Gasteiger partial charge >= 0.3 is 5.97 Å². The number of esters is 1. The summed E-state index contributed by atoms with van der Waals surface area (Å²) >= 11 is 15.5. The summed E-state index contributed by atoms with van der Waals surface area (Å²) in [4.78, 5) is 16.2. The van der Waals surface area contributed by atoms with Crippen molar-refractivity contribution < 1.29 is 13.9 Å². The maximum absolute atomic E-state index is 11.8. The van der Waals surface area contributed by atoms with E-state index in [1.54, 1.807) is 37.3 Å². The number of rotatable bonds is 3. The highest BCUT2D eigenvalue weighted by molar-refractivity contribution is 9.10. The van der Waals surface area contributed by atoms with E-state index in [2.05, 4.69) is 20.9 Å². The number of benzene rings is 2. The summed E-state index contributed by atoms with van der Waals surface area (Å²) in [7, 11) is 0. The fourth-order valence-corrected chi connectivity index (χ4v) is 2.79. The van der Waals surface area contributed by atoms with E-state index >= 15 is 0 Å². The molecule has 0 unspecified atom stereocenters. The van der Waals surface area contributed by atoms with Gasteiger partial charge in [-0.2, -0.15) is 0 Å². The maximum atomic E-state index is 11.8. The quantitative estimate of drug-likeness (QED) is 0.405. The van der Waals surface area contributed by atoms with Crippen molar-refractivity contribution >= 4 is 56.2 Å². The largest absolute Gasteiger partial charge is 0.462 e. The summed E-state index contributed by atoms with van der Waals surface area (Å²) in [6, 6.07) is 8.35. The average Bonchev–Trinajstić information content (AvgIpc) is 2.95. The summed E-state index contributed by atoms with van der Waals surface area (Å²) in [6.45, 7) is 2.07. The maximum Gasteiger partial charge on any atom is 0.338 e. The van der Waals surface area contributed by atoms with Crippen LogP contribution in [0.3, 0.4) is 0 Å². The highest BCUT2D eigenvalue weighted by atomic mass is 79.9. The van der Waals surface area contributed by atoms with Gasteiger partial charge in [-0.3, -0.25) is 0 Å². The Hall–Kier alpha value is -1.56. The number of hydrogen-bond donors (Lipinski definition) is 0. The monoisotopic (exact) mass is 413 g/mol. The number of aromatic nitrogens is 1. The Morgan fingerprint density at radius 1 is 1.26 bits per heavy atom. The van der Waals surface area contributed by atoms with Crippen LogP contribution in [0.5, 0.6) is 0 Å². The van der Waals surface area contributed by atoms with Gasteiger partial charge in [0.25, 0.3) is 0 Å². The molecule has 0 bridgehead atoms. The van der Waals surface area contributed by atoms with Crippen LogP contribution in [-0.4, -0.2) is 17.6 Å². The number of hydrogen-bond acceptors (Lipinski definition) is 4. The van der Waals surface area contributed by atoms with Gasteiger partial charge in [0.15, 0.2) is 5.58 Å². The normalized spacial score (nSPS) is 11.0. The van der Waals surface area contributed by atoms with E-state index < -0.39 is 5.97 Å². The Labute approximate surface area is 150 Å². The third kappa shape index (κ3) is 3.22. The lowest BCUT2D eigenvalue weighted by molar-refractivity contribution is 0.0526. The van der Waals surface area contributed by atoms with E-state index in [0.29, 0.717) is 49.2 Å². The van der Waals surface area contributed by atoms with Crippen LogP contribution < -0.4 is 0 Å². The molecule has 0 amide bonds. The number of carbonyl (C=O) groups is 1. The van der Waals surface area contributed by atoms with Gasteiger partial charge in [0, 0.05) is 5.56 Å². The van der Waals surface area contributed by atoms with Gasteiger partial charge in [0.2, 0.25) is 5.89 Å². The highest BCUT2D eigenvalue weighted by Crippen LogP contribution is 2.36. The standard InChI is InChI=1S/C16H10BrCl2NO3/c1-2-22-16(21)8-3-4-13-12(7-8)20-15(23-13)9-5-10(18)14(17)11(19)6-9/h3-7H,2H2,1H3. The SMILES string of the molecule is CCOC(=O)c1ccc2oc(-c3cc(Cl)c(Br)c(Cl)c3)nc2c1. The van der Waals surface area contributed by atoms with E-state index in [1.165, 1.54) is 0 Å². The molecule has 23 heavy (non-hydrogen) atoms. The lowest BCUT2D eigenvalue weighted by atomic mass is 10.2. The lowest BCUT2D eigenvalue weighted by Gasteiger charge is -2.01. The van der Waals surface area contributed by atoms with Gasteiger partial charge in [-0.1, -0.05) is 23.2 Å². The molecular weight excluding hydrogens is 405 g/mol. The molecule has 0 aliphatic heterocycles. The minimum Gasteiger partial charge on any atom is -0.462 e. The van der Waals surface area contributed by atoms with Crippen molar-refractivity contribution in [2.75, 3.05) is 6.61 Å². The zero-order chi connectivity index (χ0) is 16.6. The smallest absolute Gasteiger partial charge is 0.338 e. The second-order valence-electron chi connectivity index (χ2n) is 4.68. The molecule has 0 N–H and O–H groups in total. The molecule has 0 saturated carbocycles. The summed E-state index contributed by atoms with van der Waals surface area (Å²) in [5, 5.41) is 0.920. The number of oxazole rings is 1. The van der Waals surface area contributed by atoms with E-state index in [9.17, 15) is 4.79 Å². The molecule has 1 heterocycles. The molecule has 0 spiro atoms. The van der Waals surface area contributed by atoms with Crippen LogP contribution in [-0.2, 0) is 4.74 Å². The van der Waals surface area contributed by atoms with Crippen LogP contribution in [0.2, 0.25) is 10.0 Å². The first-order chi connectivity index (χ1) is 11.0. The van der Waals surface area contributed by atoms with Gasteiger partial charge in [0.1, 0.15) is 5.52 Å². The van der Waals surface area contributed by atoms with Crippen molar-refractivity contribution in [3.8, 4) is 11.5 Å². The van der Waals surface area contributed by atoms with E-state index in [-0.39, 0.29) is 0 Å². The third-order valence-corrected chi connectivity index (χ3v) is 5.04. The number of nitrogens with zero attached hydrogens (tertiary/aromatic N) is 1. The first-order valence-electron chi connectivity index (χ1n) is 6.72. The van der Waals surface area contributed by atoms with E-state index in [0.717, 1.165) is 0 Å². The second-order valence-corrected chi connectivity index (χ2v) is 6.28. The molecule has 7 heteroatoms. The number of fused-ring (bicyclic) bond motifs is 1. The van der Waals surface area contributed by atoms with Crippen LogP contribution >= 0.6 is 39.1 Å². The Kier molecular flexibility index (Phi) is 4.62. The average molecular weight is 415 g/mol. The predicted molar refractivity (Wildman–Crippen MR) is 93.1 cm³/mol. The van der Waals surface area contributed by atoms with E-state index in [1.807, 2.05) is 0 Å². The second kappa shape index (κ2) is 6.51. The molecule has 3 aromatic rings. The van der Waals surface area contributed by atoms with Gasteiger partial charge in [-0.25, -0.2) is 9.78 Å². The van der Waals surface area contributed by atoms with Crippen molar-refractivity contribution in [1.82, 2.24) is 4.98 Å². The van der Waals surface area contributed by atoms with Gasteiger partial charge in [-0.15, -0.1) is 0 Å². The lowest BCUT2D eigenvalue weighted by Crippen LogP contribution is -2.03. The Morgan fingerprint density at radius 2 is 1.96 bits per heavy atom. The molecule has 1 aromatic heterocycles. The number of ether oxygens (including phenoxy) is 1. The molecule has 0 atom stereocenters. The molecule has 0 radical (unpaired) electrons. The van der Waals surface area contributed by atoms with E-state index in [4.69, 9.17) is 32.4 Å².